The molecule has 30 heavy (non-hydrogen) atoms. The van der Waals surface area contributed by atoms with Crippen molar-refractivity contribution in [1.82, 2.24) is 10.2 Å². The number of furan rings is 1. The van der Waals surface area contributed by atoms with E-state index in [1.54, 1.807) is 23.5 Å². The number of rotatable bonds is 11. The molecule has 2 aromatic heterocycles. The van der Waals surface area contributed by atoms with Crippen molar-refractivity contribution in [2.45, 2.75) is 47.5 Å². The molecule has 0 radical (unpaired) electrons. The first-order valence-corrected chi connectivity index (χ1v) is 12.1. The second-order valence-electron chi connectivity index (χ2n) is 6.94. The van der Waals surface area contributed by atoms with E-state index < -0.39 is 0 Å². The maximum atomic E-state index is 5.94. The third kappa shape index (κ3) is 6.54. The molecule has 0 N–H and O–H groups in total. The molecule has 0 saturated carbocycles. The highest BCUT2D eigenvalue weighted by Gasteiger charge is 2.08. The van der Waals surface area contributed by atoms with E-state index in [0.29, 0.717) is 11.1 Å². The fourth-order valence-electron chi connectivity index (χ4n) is 2.99. The van der Waals surface area contributed by atoms with E-state index >= 15 is 0 Å². The fraction of sp³-hybridized carbons (Fsp3) is 0.250. The highest BCUT2D eigenvalue weighted by molar-refractivity contribution is 7.98. The van der Waals surface area contributed by atoms with Crippen molar-refractivity contribution >= 4 is 23.5 Å². The molecule has 0 atom stereocenters. The van der Waals surface area contributed by atoms with Crippen molar-refractivity contribution in [3.05, 3.63) is 95.6 Å². The quantitative estimate of drug-likeness (QED) is 0.190. The minimum Gasteiger partial charge on any atom is -0.455 e. The van der Waals surface area contributed by atoms with Crippen molar-refractivity contribution in [2.24, 2.45) is 0 Å². The number of hydrogen-bond acceptors (Lipinski definition) is 6. The van der Waals surface area contributed by atoms with Gasteiger partial charge in [-0.25, -0.2) is 0 Å². The van der Waals surface area contributed by atoms with Gasteiger partial charge in [-0.2, -0.15) is 0 Å². The summed E-state index contributed by atoms with van der Waals surface area (Å²) >= 11 is 3.31. The Balaban J connectivity index is 1.14. The lowest BCUT2D eigenvalue weighted by Crippen LogP contribution is -1.88. The van der Waals surface area contributed by atoms with Gasteiger partial charge in [-0.1, -0.05) is 84.2 Å². The normalized spacial score (nSPS) is 11.1. The lowest BCUT2D eigenvalue weighted by Gasteiger charge is -1.99. The van der Waals surface area contributed by atoms with E-state index in [1.165, 1.54) is 11.1 Å². The Morgan fingerprint density at radius 2 is 1.30 bits per heavy atom. The Bertz CT molecular complexity index is 932. The molecular formula is C24H24N2O2S2. The van der Waals surface area contributed by atoms with E-state index in [4.69, 9.17) is 8.83 Å². The molecule has 2 heterocycles. The third-order valence-corrected chi connectivity index (χ3v) is 6.45. The van der Waals surface area contributed by atoms with Crippen LogP contribution in [0, 0.1) is 0 Å². The van der Waals surface area contributed by atoms with Gasteiger partial charge in [-0.3, -0.25) is 0 Å². The van der Waals surface area contributed by atoms with Gasteiger partial charge in [-0.05, 0) is 36.1 Å². The molecular weight excluding hydrogens is 412 g/mol. The standard InChI is InChI=1S/C24H24N2O2S2/c1-3-9-19(10-4-1)17-29-23-16-15-21(27-23)13-7-8-14-22-25-26-24(28-22)30-18-20-11-5-2-6-12-20/h1-6,9-12,15-16H,7-8,13-14,17-18H2. The second-order valence-corrected chi connectivity index (χ2v) is 8.84. The summed E-state index contributed by atoms with van der Waals surface area (Å²) in [6.07, 6.45) is 3.76. The van der Waals surface area contributed by atoms with Crippen LogP contribution in [0.5, 0.6) is 0 Å². The molecule has 4 aromatic rings. The number of unbranched alkanes of at least 4 members (excludes halogenated alkanes) is 1. The Morgan fingerprint density at radius 3 is 2.03 bits per heavy atom. The number of nitrogens with zero attached hydrogens (tertiary/aromatic N) is 2. The summed E-state index contributed by atoms with van der Waals surface area (Å²) in [5.41, 5.74) is 2.56. The molecule has 0 saturated heterocycles. The van der Waals surface area contributed by atoms with Crippen LogP contribution < -0.4 is 0 Å². The highest BCUT2D eigenvalue weighted by atomic mass is 32.2. The Kier molecular flexibility index (Phi) is 7.69. The van der Waals surface area contributed by atoms with Crippen LogP contribution in [0.2, 0.25) is 0 Å². The Morgan fingerprint density at radius 1 is 0.633 bits per heavy atom. The molecule has 0 aliphatic carbocycles. The number of hydrogen-bond donors (Lipinski definition) is 0. The first-order chi connectivity index (χ1) is 14.8. The summed E-state index contributed by atoms with van der Waals surface area (Å²) in [7, 11) is 0. The van der Waals surface area contributed by atoms with Crippen LogP contribution in [0.4, 0.5) is 0 Å². The summed E-state index contributed by atoms with van der Waals surface area (Å²) in [4.78, 5) is 0. The van der Waals surface area contributed by atoms with E-state index in [1.807, 2.05) is 24.3 Å². The van der Waals surface area contributed by atoms with E-state index in [9.17, 15) is 0 Å². The van der Waals surface area contributed by atoms with Crippen molar-refractivity contribution in [1.29, 1.82) is 0 Å². The van der Waals surface area contributed by atoms with Gasteiger partial charge in [0.05, 0.1) is 0 Å². The number of aryl methyl sites for hydroxylation is 2. The zero-order valence-electron chi connectivity index (χ0n) is 16.7. The zero-order valence-corrected chi connectivity index (χ0v) is 18.3. The van der Waals surface area contributed by atoms with Crippen LogP contribution in [0.1, 0.15) is 35.6 Å². The molecule has 0 bridgehead atoms. The molecule has 0 amide bonds. The minimum atomic E-state index is 0.639. The van der Waals surface area contributed by atoms with Crippen LogP contribution >= 0.6 is 23.5 Å². The van der Waals surface area contributed by atoms with Gasteiger partial charge in [-0.15, -0.1) is 10.2 Å². The Hall–Kier alpha value is -2.44. The Labute approximate surface area is 185 Å². The summed E-state index contributed by atoms with van der Waals surface area (Å²) in [6.45, 7) is 0. The summed E-state index contributed by atoms with van der Waals surface area (Å²) in [5, 5.41) is 9.92. The first-order valence-electron chi connectivity index (χ1n) is 10.1. The predicted molar refractivity (Wildman–Crippen MR) is 122 cm³/mol. The van der Waals surface area contributed by atoms with E-state index in [0.717, 1.165) is 48.0 Å². The van der Waals surface area contributed by atoms with Crippen molar-refractivity contribution in [2.75, 3.05) is 0 Å². The lowest BCUT2D eigenvalue weighted by molar-refractivity contribution is 0.401. The third-order valence-electron chi connectivity index (χ3n) is 4.58. The molecule has 6 heteroatoms. The van der Waals surface area contributed by atoms with Gasteiger partial charge in [0.25, 0.3) is 5.22 Å². The lowest BCUT2D eigenvalue weighted by atomic mass is 10.1. The molecule has 4 rings (SSSR count). The molecule has 0 unspecified atom stereocenters. The monoisotopic (exact) mass is 436 g/mol. The maximum absolute atomic E-state index is 5.94. The van der Waals surface area contributed by atoms with Gasteiger partial charge in [0.15, 0.2) is 5.09 Å². The predicted octanol–water partition coefficient (Wildman–Crippen LogP) is 6.81. The second kappa shape index (κ2) is 11.1. The molecule has 2 aromatic carbocycles. The van der Waals surface area contributed by atoms with Crippen LogP contribution in [0.15, 0.2) is 91.9 Å². The van der Waals surface area contributed by atoms with Crippen molar-refractivity contribution in [3.63, 3.8) is 0 Å². The van der Waals surface area contributed by atoms with Crippen LogP contribution in [0.25, 0.3) is 0 Å². The first kappa shape index (κ1) is 20.8. The highest BCUT2D eigenvalue weighted by Crippen LogP contribution is 2.26. The average molecular weight is 437 g/mol. The van der Waals surface area contributed by atoms with Crippen molar-refractivity contribution in [3.8, 4) is 0 Å². The van der Waals surface area contributed by atoms with Gasteiger partial charge >= 0.3 is 0 Å². The zero-order chi connectivity index (χ0) is 20.4. The number of aromatic nitrogens is 2. The molecule has 0 aliphatic rings. The van der Waals surface area contributed by atoms with Crippen LogP contribution in [-0.4, -0.2) is 10.2 Å². The molecule has 0 fully saturated rings. The maximum Gasteiger partial charge on any atom is 0.276 e. The van der Waals surface area contributed by atoms with Crippen molar-refractivity contribution < 1.29 is 8.83 Å². The van der Waals surface area contributed by atoms with Crippen LogP contribution in [0.3, 0.4) is 0 Å². The topological polar surface area (TPSA) is 52.1 Å². The smallest absolute Gasteiger partial charge is 0.276 e. The largest absolute Gasteiger partial charge is 0.455 e. The van der Waals surface area contributed by atoms with Gasteiger partial charge < -0.3 is 8.83 Å². The fourth-order valence-corrected chi connectivity index (χ4v) is 4.56. The number of thioether (sulfide) groups is 2. The van der Waals surface area contributed by atoms with Gasteiger partial charge in [0.2, 0.25) is 5.89 Å². The minimum absolute atomic E-state index is 0.639. The van der Waals surface area contributed by atoms with Crippen LogP contribution in [-0.2, 0) is 24.3 Å². The summed E-state index contributed by atoms with van der Waals surface area (Å²) in [6, 6.07) is 24.9. The molecule has 154 valence electrons. The summed E-state index contributed by atoms with van der Waals surface area (Å²) in [5.74, 6) is 3.51. The van der Waals surface area contributed by atoms with Gasteiger partial charge in [0, 0.05) is 24.3 Å². The molecule has 0 aliphatic heterocycles. The van der Waals surface area contributed by atoms with E-state index in [-0.39, 0.29) is 0 Å². The average Bonchev–Trinajstić information content (AvgIpc) is 3.45. The van der Waals surface area contributed by atoms with Gasteiger partial charge in [0.1, 0.15) is 5.76 Å². The SMILES string of the molecule is c1ccc(CSc2ccc(CCCCc3nnc(SCc4ccccc4)o3)o2)cc1. The molecule has 4 nitrogen and oxygen atoms in total. The number of benzene rings is 2. The van der Waals surface area contributed by atoms with E-state index in [2.05, 4.69) is 58.7 Å². The summed E-state index contributed by atoms with van der Waals surface area (Å²) < 4.78 is 11.7. The molecule has 0 spiro atoms.